The summed E-state index contributed by atoms with van der Waals surface area (Å²) in [6, 6.07) is 3.63. The average Bonchev–Trinajstić information content (AvgIpc) is 2.85. The third kappa shape index (κ3) is 4.40. The quantitative estimate of drug-likeness (QED) is 0.425. The molecule has 1 unspecified atom stereocenters. The van der Waals surface area contributed by atoms with E-state index in [4.69, 9.17) is 11.6 Å². The van der Waals surface area contributed by atoms with Crippen LogP contribution in [0.3, 0.4) is 0 Å². The van der Waals surface area contributed by atoms with E-state index in [2.05, 4.69) is 9.68 Å². The number of halogens is 6. The first-order valence-corrected chi connectivity index (χ1v) is 8.19. The Bertz CT molecular complexity index is 742. The smallest absolute Gasteiger partial charge is 0.433 e. The maximum absolute atomic E-state index is 13.0. The van der Waals surface area contributed by atoms with Crippen LogP contribution in [0.15, 0.2) is 27.6 Å². The van der Waals surface area contributed by atoms with Gasteiger partial charge in [0.05, 0.1) is 0 Å². The molecule has 0 bridgehead atoms. The zero-order valence-electron chi connectivity index (χ0n) is 12.4. The maximum Gasteiger partial charge on any atom is 0.433 e. The predicted octanol–water partition coefficient (Wildman–Crippen LogP) is 4.92. The van der Waals surface area contributed by atoms with Gasteiger partial charge in [0, 0.05) is 23.3 Å². The van der Waals surface area contributed by atoms with E-state index in [9.17, 15) is 26.5 Å². The number of aromatic nitrogens is 1. The largest absolute Gasteiger partial charge is 0.611 e. The van der Waals surface area contributed by atoms with Gasteiger partial charge in [-0.2, -0.15) is 22.0 Å². The molecule has 0 radical (unpaired) electrons. The number of hydrogen-bond donors (Lipinski definition) is 0. The van der Waals surface area contributed by atoms with E-state index in [-0.39, 0.29) is 16.2 Å². The fourth-order valence-corrected chi connectivity index (χ4v) is 3.32. The van der Waals surface area contributed by atoms with Crippen molar-refractivity contribution in [3.05, 3.63) is 35.1 Å². The highest BCUT2D eigenvalue weighted by atomic mass is 35.5. The van der Waals surface area contributed by atoms with Crippen LogP contribution in [0.5, 0.6) is 0 Å². The van der Waals surface area contributed by atoms with Gasteiger partial charge in [-0.15, -0.1) is 0 Å². The minimum absolute atomic E-state index is 0.0342. The zero-order valence-corrected chi connectivity index (χ0v) is 14.0. The highest BCUT2D eigenvalue weighted by Gasteiger charge is 2.37. The van der Waals surface area contributed by atoms with Gasteiger partial charge in [0.15, 0.2) is 4.90 Å². The molecule has 1 aromatic heterocycles. The lowest BCUT2D eigenvalue weighted by Gasteiger charge is -2.16. The summed E-state index contributed by atoms with van der Waals surface area (Å²) in [5, 5.41) is -0.300. The minimum Gasteiger partial charge on any atom is -0.611 e. The number of hydrogen-bond acceptors (Lipinski definition) is 3. The first kappa shape index (κ1) is 19.0. The molecule has 1 heterocycles. The van der Waals surface area contributed by atoms with Crippen LogP contribution in [0.2, 0.25) is 0 Å². The molecule has 2 rings (SSSR count). The van der Waals surface area contributed by atoms with Crippen molar-refractivity contribution < 1.29 is 31.0 Å². The van der Waals surface area contributed by atoms with Crippen LogP contribution in [0, 0.1) is 13.8 Å². The second-order valence-electron chi connectivity index (χ2n) is 5.11. The van der Waals surface area contributed by atoms with Crippen molar-refractivity contribution in [2.75, 3.05) is 5.75 Å². The molecule has 2 aromatic rings. The molecule has 0 fully saturated rings. The van der Waals surface area contributed by atoms with Crippen molar-refractivity contribution in [3.63, 3.8) is 0 Å². The Kier molecular flexibility index (Phi) is 5.17. The zero-order chi connectivity index (χ0) is 18.3. The van der Waals surface area contributed by atoms with E-state index in [1.807, 2.05) is 0 Å². The summed E-state index contributed by atoms with van der Waals surface area (Å²) in [4.78, 5) is -0.0462. The molecule has 10 heteroatoms. The molecule has 3 nitrogen and oxygen atoms in total. The van der Waals surface area contributed by atoms with Gasteiger partial charge in [-0.3, -0.25) is 0 Å². The molecule has 0 aliphatic heterocycles. The highest BCUT2D eigenvalue weighted by molar-refractivity contribution is 7.91. The fraction of sp³-hybridized carbons (Fsp3) is 0.357. The molecular formula is C14H11ClF5NO2S. The molecule has 0 saturated carbocycles. The van der Waals surface area contributed by atoms with Gasteiger partial charge >= 0.3 is 11.6 Å². The molecule has 0 N–H and O–H groups in total. The molecule has 0 aliphatic rings. The Hall–Kier alpha value is -1.32. The van der Waals surface area contributed by atoms with Crippen molar-refractivity contribution in [1.82, 2.24) is 5.16 Å². The van der Waals surface area contributed by atoms with E-state index in [0.717, 1.165) is 6.07 Å². The number of nitrogens with zero attached hydrogens (tertiary/aromatic N) is 1. The van der Waals surface area contributed by atoms with E-state index in [1.165, 1.54) is 19.1 Å². The number of alkyl halides is 6. The lowest BCUT2D eigenvalue weighted by molar-refractivity contribution is -0.106. The fourth-order valence-electron chi connectivity index (χ4n) is 2.12. The summed E-state index contributed by atoms with van der Waals surface area (Å²) < 4.78 is 79.7. The van der Waals surface area contributed by atoms with Crippen molar-refractivity contribution in [3.8, 4) is 11.3 Å². The second kappa shape index (κ2) is 6.53. The Morgan fingerprint density at radius 1 is 1.12 bits per heavy atom. The molecule has 0 saturated heterocycles. The molecule has 1 aromatic carbocycles. The van der Waals surface area contributed by atoms with Crippen molar-refractivity contribution in [2.24, 2.45) is 0 Å². The third-order valence-electron chi connectivity index (χ3n) is 3.13. The lowest BCUT2D eigenvalue weighted by atomic mass is 10.0. The molecule has 0 aliphatic carbocycles. The van der Waals surface area contributed by atoms with E-state index < -0.39 is 34.2 Å². The van der Waals surface area contributed by atoms with Gasteiger partial charge in [-0.05, 0) is 42.2 Å². The molecule has 132 valence electrons. The SMILES string of the molecule is Cc1cc(C)c([S+]([O-])CC(F)(F)F)cc1-c1cc(C(F)(F)Cl)on1. The van der Waals surface area contributed by atoms with Crippen LogP contribution in [0.25, 0.3) is 11.3 Å². The Labute approximate surface area is 142 Å². The first-order chi connectivity index (χ1) is 10.9. The van der Waals surface area contributed by atoms with Crippen LogP contribution in [0.4, 0.5) is 22.0 Å². The van der Waals surface area contributed by atoms with E-state index >= 15 is 0 Å². The van der Waals surface area contributed by atoms with Crippen LogP contribution in [-0.4, -0.2) is 21.6 Å². The summed E-state index contributed by atoms with van der Waals surface area (Å²) >= 11 is 2.51. The van der Waals surface area contributed by atoms with Crippen LogP contribution in [0.1, 0.15) is 16.9 Å². The second-order valence-corrected chi connectivity index (χ2v) is 7.01. The normalized spacial score (nSPS) is 14.0. The van der Waals surface area contributed by atoms with Gasteiger partial charge < -0.3 is 9.08 Å². The monoisotopic (exact) mass is 387 g/mol. The highest BCUT2D eigenvalue weighted by Crippen LogP contribution is 2.36. The van der Waals surface area contributed by atoms with Crippen LogP contribution < -0.4 is 0 Å². The van der Waals surface area contributed by atoms with Gasteiger partial charge in [-0.25, -0.2) is 0 Å². The summed E-state index contributed by atoms with van der Waals surface area (Å²) in [6.07, 6.45) is -4.59. The topological polar surface area (TPSA) is 49.1 Å². The maximum atomic E-state index is 13.0. The Balaban J connectivity index is 2.45. The number of benzene rings is 1. The summed E-state index contributed by atoms with van der Waals surface area (Å²) in [5.74, 6) is -2.39. The standard InChI is InChI=1S/C14H11ClF5NO2S/c1-7-3-8(2)11(24(22)6-13(16,17)18)4-9(7)10-5-12(23-21-10)14(15,19)20/h3-5H,6H2,1-2H3. The van der Waals surface area contributed by atoms with E-state index in [0.29, 0.717) is 11.1 Å². The van der Waals surface area contributed by atoms with Gasteiger partial charge in [0.25, 0.3) is 0 Å². The van der Waals surface area contributed by atoms with Crippen LogP contribution in [-0.2, 0) is 16.6 Å². The lowest BCUT2D eigenvalue weighted by Crippen LogP contribution is -2.23. The van der Waals surface area contributed by atoms with Crippen molar-refractivity contribution in [1.29, 1.82) is 0 Å². The first-order valence-electron chi connectivity index (χ1n) is 6.49. The molecule has 0 amide bonds. The Morgan fingerprint density at radius 2 is 1.75 bits per heavy atom. The summed E-state index contributed by atoms with van der Waals surface area (Å²) in [5.41, 5.74) is 1.15. The van der Waals surface area contributed by atoms with Crippen molar-refractivity contribution in [2.45, 2.75) is 30.3 Å². The average molecular weight is 388 g/mol. The Morgan fingerprint density at radius 3 is 2.25 bits per heavy atom. The van der Waals surface area contributed by atoms with Crippen molar-refractivity contribution >= 4 is 22.8 Å². The minimum atomic E-state index is -4.59. The molecule has 0 spiro atoms. The molecule has 1 atom stereocenters. The van der Waals surface area contributed by atoms with Crippen LogP contribution >= 0.6 is 11.6 Å². The van der Waals surface area contributed by atoms with Gasteiger partial charge in [-0.1, -0.05) is 11.2 Å². The summed E-state index contributed by atoms with van der Waals surface area (Å²) in [6.45, 7) is 3.13. The van der Waals surface area contributed by atoms with E-state index in [1.54, 1.807) is 6.92 Å². The molecule has 24 heavy (non-hydrogen) atoms. The summed E-state index contributed by atoms with van der Waals surface area (Å²) in [7, 11) is 0. The molecular weight excluding hydrogens is 377 g/mol. The van der Waals surface area contributed by atoms with Gasteiger partial charge in [0.2, 0.25) is 11.5 Å². The number of aryl methyl sites for hydroxylation is 2. The number of rotatable bonds is 4. The third-order valence-corrected chi connectivity index (χ3v) is 4.83. The van der Waals surface area contributed by atoms with Gasteiger partial charge in [0.1, 0.15) is 5.69 Å². The predicted molar refractivity (Wildman–Crippen MR) is 78.5 cm³/mol.